The lowest BCUT2D eigenvalue weighted by atomic mass is 10.1. The van der Waals surface area contributed by atoms with E-state index in [1.165, 1.54) is 5.56 Å². The highest BCUT2D eigenvalue weighted by molar-refractivity contribution is 5.26. The molecular weight excluding hydrogens is 214 g/mol. The second kappa shape index (κ2) is 7.30. The van der Waals surface area contributed by atoms with Crippen molar-refractivity contribution in [1.29, 1.82) is 0 Å². The summed E-state index contributed by atoms with van der Waals surface area (Å²) in [5, 5.41) is 21.5. The molecule has 0 heterocycles. The average Bonchev–Trinajstić information content (AvgIpc) is 2.30. The Morgan fingerprint density at radius 2 is 1.82 bits per heavy atom. The van der Waals surface area contributed by atoms with Gasteiger partial charge in [0.05, 0.1) is 0 Å². The van der Waals surface area contributed by atoms with Crippen molar-refractivity contribution in [2.45, 2.75) is 32.7 Å². The van der Waals surface area contributed by atoms with Gasteiger partial charge in [0.15, 0.2) is 0 Å². The number of aliphatic hydroxyl groups is 1. The monoisotopic (exact) mass is 237 g/mol. The maximum absolute atomic E-state index is 9.19. The van der Waals surface area contributed by atoms with E-state index in [9.17, 15) is 5.11 Å². The van der Waals surface area contributed by atoms with Gasteiger partial charge in [0.2, 0.25) is 0 Å². The summed E-state index contributed by atoms with van der Waals surface area (Å²) < 4.78 is 0. The van der Waals surface area contributed by atoms with E-state index in [2.05, 4.69) is 19.2 Å². The molecule has 0 saturated heterocycles. The van der Waals surface area contributed by atoms with Gasteiger partial charge in [-0.1, -0.05) is 19.1 Å². The molecule has 0 radical (unpaired) electrons. The molecule has 0 aliphatic carbocycles. The summed E-state index contributed by atoms with van der Waals surface area (Å²) in [5.74, 6) is 0.813. The third kappa shape index (κ3) is 5.71. The Hall–Kier alpha value is -1.06. The number of benzene rings is 1. The summed E-state index contributed by atoms with van der Waals surface area (Å²) in [6, 6.07) is 7.74. The summed E-state index contributed by atoms with van der Waals surface area (Å²) in [6.07, 6.45) is 1.80. The third-order valence-electron chi connectivity index (χ3n) is 2.91. The van der Waals surface area contributed by atoms with Crippen molar-refractivity contribution in [2.75, 3.05) is 13.2 Å². The molecule has 3 N–H and O–H groups in total. The quantitative estimate of drug-likeness (QED) is 0.679. The van der Waals surface area contributed by atoms with E-state index >= 15 is 0 Å². The van der Waals surface area contributed by atoms with Crippen LogP contribution < -0.4 is 5.32 Å². The largest absolute Gasteiger partial charge is 0.508 e. The fourth-order valence-electron chi connectivity index (χ4n) is 1.78. The van der Waals surface area contributed by atoms with Crippen LogP contribution in [0, 0.1) is 5.92 Å². The topological polar surface area (TPSA) is 52.5 Å². The van der Waals surface area contributed by atoms with E-state index in [0.717, 1.165) is 19.4 Å². The lowest BCUT2D eigenvalue weighted by Gasteiger charge is -2.17. The fourth-order valence-corrected chi connectivity index (χ4v) is 1.78. The van der Waals surface area contributed by atoms with Gasteiger partial charge in [0.25, 0.3) is 0 Å². The lowest BCUT2D eigenvalue weighted by molar-refractivity contribution is 0.258. The molecule has 0 fully saturated rings. The molecule has 0 spiro atoms. The molecule has 0 bridgehead atoms. The number of aliphatic hydroxyl groups excluding tert-OH is 1. The van der Waals surface area contributed by atoms with Gasteiger partial charge >= 0.3 is 0 Å². The minimum absolute atomic E-state index is 0.259. The summed E-state index contributed by atoms with van der Waals surface area (Å²) in [6.45, 7) is 5.48. The van der Waals surface area contributed by atoms with E-state index in [-0.39, 0.29) is 6.61 Å². The molecule has 2 atom stereocenters. The standard InChI is InChI=1S/C14H23NO2/c1-11(7-8-16)10-15-12(2)9-13-3-5-14(17)6-4-13/h3-6,11-12,15-17H,7-10H2,1-2H3. The molecule has 3 heteroatoms. The Bertz CT molecular complexity index is 311. The molecule has 1 rings (SSSR count). The second-order valence-electron chi connectivity index (χ2n) is 4.80. The number of hydrogen-bond acceptors (Lipinski definition) is 3. The molecule has 96 valence electrons. The third-order valence-corrected chi connectivity index (χ3v) is 2.91. The van der Waals surface area contributed by atoms with E-state index in [0.29, 0.717) is 17.7 Å². The van der Waals surface area contributed by atoms with Crippen LogP contribution in [0.5, 0.6) is 5.75 Å². The number of rotatable bonds is 7. The molecule has 0 aliphatic heterocycles. The maximum atomic E-state index is 9.19. The van der Waals surface area contributed by atoms with Crippen molar-refractivity contribution >= 4 is 0 Å². The number of aromatic hydroxyl groups is 1. The predicted octanol–water partition coefficient (Wildman–Crippen LogP) is 1.93. The normalized spacial score (nSPS) is 14.5. The Morgan fingerprint density at radius 3 is 2.41 bits per heavy atom. The van der Waals surface area contributed by atoms with Crippen LogP contribution >= 0.6 is 0 Å². The van der Waals surface area contributed by atoms with Gasteiger partial charge in [-0.25, -0.2) is 0 Å². The molecule has 1 aromatic rings. The highest BCUT2D eigenvalue weighted by atomic mass is 16.3. The van der Waals surface area contributed by atoms with Crippen LogP contribution in [0.25, 0.3) is 0 Å². The summed E-state index contributed by atoms with van der Waals surface area (Å²) in [5.41, 5.74) is 1.22. The zero-order valence-corrected chi connectivity index (χ0v) is 10.7. The highest BCUT2D eigenvalue weighted by Gasteiger charge is 2.06. The van der Waals surface area contributed by atoms with E-state index in [1.807, 2.05) is 12.1 Å². The Kier molecular flexibility index (Phi) is 6.01. The molecule has 0 amide bonds. The Balaban J connectivity index is 2.29. The van der Waals surface area contributed by atoms with Gasteiger partial charge in [-0.3, -0.25) is 0 Å². The number of nitrogens with one attached hydrogen (secondary N) is 1. The fraction of sp³-hybridized carbons (Fsp3) is 0.571. The second-order valence-corrected chi connectivity index (χ2v) is 4.80. The van der Waals surface area contributed by atoms with Crippen LogP contribution in [0.15, 0.2) is 24.3 Å². The van der Waals surface area contributed by atoms with Crippen molar-refractivity contribution < 1.29 is 10.2 Å². The van der Waals surface area contributed by atoms with Gasteiger partial charge < -0.3 is 15.5 Å². The maximum Gasteiger partial charge on any atom is 0.115 e. The average molecular weight is 237 g/mol. The summed E-state index contributed by atoms with van der Waals surface area (Å²) in [4.78, 5) is 0. The number of phenolic OH excluding ortho intramolecular Hbond substituents is 1. The molecule has 0 aliphatic rings. The Morgan fingerprint density at radius 1 is 1.18 bits per heavy atom. The minimum Gasteiger partial charge on any atom is -0.508 e. The van der Waals surface area contributed by atoms with Crippen LogP contribution in [-0.4, -0.2) is 29.4 Å². The Labute approximate surface area is 103 Å². The van der Waals surface area contributed by atoms with Gasteiger partial charge in [-0.2, -0.15) is 0 Å². The van der Waals surface area contributed by atoms with Crippen molar-refractivity contribution in [3.8, 4) is 5.75 Å². The van der Waals surface area contributed by atoms with Gasteiger partial charge in [-0.05, 0) is 49.9 Å². The van der Waals surface area contributed by atoms with Crippen molar-refractivity contribution in [2.24, 2.45) is 5.92 Å². The van der Waals surface area contributed by atoms with Crippen LogP contribution in [0.3, 0.4) is 0 Å². The van der Waals surface area contributed by atoms with Crippen LogP contribution in [0.1, 0.15) is 25.8 Å². The van der Waals surface area contributed by atoms with Crippen molar-refractivity contribution in [3.05, 3.63) is 29.8 Å². The minimum atomic E-state index is 0.259. The number of phenols is 1. The molecule has 17 heavy (non-hydrogen) atoms. The van der Waals surface area contributed by atoms with Gasteiger partial charge in [0, 0.05) is 12.6 Å². The first-order valence-corrected chi connectivity index (χ1v) is 6.24. The van der Waals surface area contributed by atoms with E-state index < -0.39 is 0 Å². The molecule has 0 aromatic heterocycles. The van der Waals surface area contributed by atoms with Crippen molar-refractivity contribution in [3.63, 3.8) is 0 Å². The lowest BCUT2D eigenvalue weighted by Crippen LogP contribution is -2.32. The molecule has 1 aromatic carbocycles. The van der Waals surface area contributed by atoms with Crippen LogP contribution in [0.4, 0.5) is 0 Å². The van der Waals surface area contributed by atoms with Crippen molar-refractivity contribution in [1.82, 2.24) is 5.32 Å². The first-order chi connectivity index (χ1) is 8.11. The molecule has 3 nitrogen and oxygen atoms in total. The van der Waals surface area contributed by atoms with Gasteiger partial charge in [-0.15, -0.1) is 0 Å². The summed E-state index contributed by atoms with van der Waals surface area (Å²) in [7, 11) is 0. The highest BCUT2D eigenvalue weighted by Crippen LogP contribution is 2.11. The first-order valence-electron chi connectivity index (χ1n) is 6.24. The van der Waals surface area contributed by atoms with Crippen LogP contribution in [0.2, 0.25) is 0 Å². The van der Waals surface area contributed by atoms with E-state index in [4.69, 9.17) is 5.11 Å². The number of hydrogen-bond donors (Lipinski definition) is 3. The zero-order chi connectivity index (χ0) is 12.7. The van der Waals surface area contributed by atoms with E-state index in [1.54, 1.807) is 12.1 Å². The smallest absolute Gasteiger partial charge is 0.115 e. The zero-order valence-electron chi connectivity index (χ0n) is 10.7. The van der Waals surface area contributed by atoms with Crippen LogP contribution in [-0.2, 0) is 6.42 Å². The predicted molar refractivity (Wildman–Crippen MR) is 70.1 cm³/mol. The first kappa shape index (κ1) is 14.0. The molecule has 2 unspecified atom stereocenters. The summed E-state index contributed by atoms with van der Waals surface area (Å²) >= 11 is 0. The molecule has 0 saturated carbocycles. The SMILES string of the molecule is CC(CCO)CNC(C)Cc1ccc(O)cc1. The van der Waals surface area contributed by atoms with Gasteiger partial charge in [0.1, 0.15) is 5.75 Å². The molecular formula is C14H23NO2.